The number of carbonyl (C=O) groups excluding carboxylic acids is 2. The summed E-state index contributed by atoms with van der Waals surface area (Å²) in [6.45, 7) is 3.39. The summed E-state index contributed by atoms with van der Waals surface area (Å²) in [5, 5.41) is 0. The minimum Gasteiger partial charge on any atom is -0.496 e. The number of hydrogen-bond acceptors (Lipinski definition) is 4. The largest absolute Gasteiger partial charge is 0.496 e. The van der Waals surface area contributed by atoms with Gasteiger partial charge in [0, 0.05) is 29.2 Å². The van der Waals surface area contributed by atoms with E-state index in [0.29, 0.717) is 11.7 Å². The molecule has 1 atom stereocenters. The number of carbonyl (C=O) groups is 2. The molecule has 1 fully saturated rings. The third kappa shape index (κ3) is 5.37. The Morgan fingerprint density at radius 2 is 2.21 bits per heavy atom. The van der Waals surface area contributed by atoms with Gasteiger partial charge in [-0.05, 0) is 43.0 Å². The third-order valence-corrected chi connectivity index (χ3v) is 4.43. The summed E-state index contributed by atoms with van der Waals surface area (Å²) in [7, 11) is 1.57. The van der Waals surface area contributed by atoms with Gasteiger partial charge < -0.3 is 14.4 Å². The fourth-order valence-electron chi connectivity index (χ4n) is 2.68. The number of esters is 1. The van der Waals surface area contributed by atoms with E-state index < -0.39 is 5.97 Å². The maximum atomic E-state index is 12.1. The molecule has 0 bridgehead atoms. The number of ether oxygens (including phenoxy) is 2. The summed E-state index contributed by atoms with van der Waals surface area (Å²) in [5.74, 6) is 0.474. The van der Waals surface area contributed by atoms with Crippen molar-refractivity contribution in [2.75, 3.05) is 26.8 Å². The lowest BCUT2D eigenvalue weighted by Crippen LogP contribution is -2.41. The van der Waals surface area contributed by atoms with Gasteiger partial charge in [0.05, 0.1) is 7.11 Å². The third-order valence-electron chi connectivity index (χ3n) is 3.94. The standard InChI is InChI=1S/C18H22BrNO4/c1-13-4-3-9-20(11-13)17(21)12-24-18(22)8-5-14-10-15(19)6-7-16(14)23-2/h5-8,10,13H,3-4,9,11-12H2,1-2H3/b8-5+/t13-/m0/s1. The van der Waals surface area contributed by atoms with Gasteiger partial charge in [0.1, 0.15) is 5.75 Å². The highest BCUT2D eigenvalue weighted by molar-refractivity contribution is 9.10. The van der Waals surface area contributed by atoms with Crippen molar-refractivity contribution < 1.29 is 19.1 Å². The highest BCUT2D eigenvalue weighted by atomic mass is 79.9. The first kappa shape index (κ1) is 18.5. The molecule has 0 spiro atoms. The number of piperidine rings is 1. The van der Waals surface area contributed by atoms with Crippen LogP contribution in [0.2, 0.25) is 0 Å². The van der Waals surface area contributed by atoms with Gasteiger partial charge in [-0.1, -0.05) is 22.9 Å². The van der Waals surface area contributed by atoms with Crippen molar-refractivity contribution in [1.82, 2.24) is 4.90 Å². The molecule has 1 amide bonds. The number of likely N-dealkylation sites (tertiary alicyclic amines) is 1. The number of methoxy groups -OCH3 is 1. The van der Waals surface area contributed by atoms with E-state index in [1.807, 2.05) is 12.1 Å². The lowest BCUT2D eigenvalue weighted by molar-refractivity contribution is -0.149. The molecule has 6 heteroatoms. The molecular formula is C18H22BrNO4. The first-order chi connectivity index (χ1) is 11.5. The molecule has 1 heterocycles. The van der Waals surface area contributed by atoms with Crippen molar-refractivity contribution in [2.24, 2.45) is 5.92 Å². The second kappa shape index (κ2) is 8.87. The molecule has 1 aliphatic heterocycles. The van der Waals surface area contributed by atoms with Gasteiger partial charge in [-0.2, -0.15) is 0 Å². The van der Waals surface area contributed by atoms with E-state index in [9.17, 15) is 9.59 Å². The Hall–Kier alpha value is -1.82. The van der Waals surface area contributed by atoms with Crippen LogP contribution in [-0.2, 0) is 14.3 Å². The van der Waals surface area contributed by atoms with Gasteiger partial charge in [0.2, 0.25) is 0 Å². The SMILES string of the molecule is COc1ccc(Br)cc1/C=C/C(=O)OCC(=O)N1CCC[C@H](C)C1. The van der Waals surface area contributed by atoms with E-state index in [4.69, 9.17) is 9.47 Å². The van der Waals surface area contributed by atoms with E-state index in [2.05, 4.69) is 22.9 Å². The van der Waals surface area contributed by atoms with Crippen molar-refractivity contribution in [3.8, 4) is 5.75 Å². The summed E-state index contributed by atoms with van der Waals surface area (Å²) in [6.07, 6.45) is 5.06. The molecule has 0 radical (unpaired) electrons. The van der Waals surface area contributed by atoms with Crippen LogP contribution in [0.5, 0.6) is 5.75 Å². The maximum absolute atomic E-state index is 12.1. The predicted molar refractivity (Wildman–Crippen MR) is 95.7 cm³/mol. The molecule has 1 aromatic rings. The Labute approximate surface area is 150 Å². The Morgan fingerprint density at radius 3 is 2.92 bits per heavy atom. The molecule has 24 heavy (non-hydrogen) atoms. The molecule has 0 aromatic heterocycles. The molecule has 0 unspecified atom stereocenters. The summed E-state index contributed by atoms with van der Waals surface area (Å²) in [6, 6.07) is 5.49. The minimum absolute atomic E-state index is 0.136. The fourth-order valence-corrected chi connectivity index (χ4v) is 3.06. The van der Waals surface area contributed by atoms with Crippen LogP contribution in [0.1, 0.15) is 25.3 Å². The number of nitrogens with zero attached hydrogens (tertiary/aromatic N) is 1. The zero-order valence-electron chi connectivity index (χ0n) is 14.0. The summed E-state index contributed by atoms with van der Waals surface area (Å²) in [4.78, 5) is 25.7. The zero-order valence-corrected chi connectivity index (χ0v) is 15.5. The van der Waals surface area contributed by atoms with Gasteiger partial charge >= 0.3 is 5.97 Å². The minimum atomic E-state index is -0.546. The van der Waals surface area contributed by atoms with Crippen molar-refractivity contribution >= 4 is 33.9 Å². The maximum Gasteiger partial charge on any atom is 0.331 e. The van der Waals surface area contributed by atoms with E-state index >= 15 is 0 Å². The normalized spacial score (nSPS) is 17.8. The Bertz CT molecular complexity index is 629. The van der Waals surface area contributed by atoms with E-state index in [1.54, 1.807) is 24.2 Å². The van der Waals surface area contributed by atoms with Gasteiger partial charge in [-0.25, -0.2) is 4.79 Å². The topological polar surface area (TPSA) is 55.8 Å². The molecule has 0 aliphatic carbocycles. The summed E-state index contributed by atoms with van der Waals surface area (Å²) >= 11 is 3.38. The zero-order chi connectivity index (χ0) is 17.5. The van der Waals surface area contributed by atoms with Gasteiger partial charge in [-0.15, -0.1) is 0 Å². The highest BCUT2D eigenvalue weighted by Gasteiger charge is 2.21. The van der Waals surface area contributed by atoms with Crippen LogP contribution in [-0.4, -0.2) is 43.6 Å². The van der Waals surface area contributed by atoms with Crippen molar-refractivity contribution in [2.45, 2.75) is 19.8 Å². The monoisotopic (exact) mass is 395 g/mol. The molecule has 1 saturated heterocycles. The van der Waals surface area contributed by atoms with Crippen LogP contribution >= 0.6 is 15.9 Å². The van der Waals surface area contributed by atoms with E-state index in [1.165, 1.54) is 6.08 Å². The van der Waals surface area contributed by atoms with Crippen LogP contribution in [0.25, 0.3) is 6.08 Å². The molecule has 130 valence electrons. The lowest BCUT2D eigenvalue weighted by Gasteiger charge is -2.30. The molecule has 2 rings (SSSR count). The predicted octanol–water partition coefficient (Wildman–Crippen LogP) is 3.27. The average molecular weight is 396 g/mol. The van der Waals surface area contributed by atoms with Crippen molar-refractivity contribution in [3.05, 3.63) is 34.3 Å². The van der Waals surface area contributed by atoms with Crippen LogP contribution in [0.4, 0.5) is 0 Å². The highest BCUT2D eigenvalue weighted by Crippen LogP contribution is 2.24. The second-order valence-electron chi connectivity index (χ2n) is 5.91. The van der Waals surface area contributed by atoms with Crippen LogP contribution in [0.15, 0.2) is 28.7 Å². The Balaban J connectivity index is 1.87. The van der Waals surface area contributed by atoms with E-state index in [0.717, 1.165) is 36.0 Å². The molecule has 5 nitrogen and oxygen atoms in total. The first-order valence-electron chi connectivity index (χ1n) is 7.95. The van der Waals surface area contributed by atoms with Gasteiger partial charge in [-0.3, -0.25) is 4.79 Å². The van der Waals surface area contributed by atoms with Crippen LogP contribution in [0, 0.1) is 5.92 Å². The number of halogens is 1. The van der Waals surface area contributed by atoms with Gasteiger partial charge in [0.15, 0.2) is 6.61 Å². The molecular weight excluding hydrogens is 374 g/mol. The fraction of sp³-hybridized carbons (Fsp3) is 0.444. The van der Waals surface area contributed by atoms with Crippen LogP contribution in [0.3, 0.4) is 0 Å². The quantitative estimate of drug-likeness (QED) is 0.566. The number of hydrogen-bond donors (Lipinski definition) is 0. The second-order valence-corrected chi connectivity index (χ2v) is 6.83. The summed E-state index contributed by atoms with van der Waals surface area (Å²) in [5.41, 5.74) is 0.750. The summed E-state index contributed by atoms with van der Waals surface area (Å²) < 4.78 is 11.2. The molecule has 0 saturated carbocycles. The number of rotatable bonds is 5. The van der Waals surface area contributed by atoms with Crippen LogP contribution < -0.4 is 4.74 Å². The molecule has 0 N–H and O–H groups in total. The molecule has 1 aromatic carbocycles. The molecule has 1 aliphatic rings. The van der Waals surface area contributed by atoms with E-state index in [-0.39, 0.29) is 12.5 Å². The van der Waals surface area contributed by atoms with Crippen molar-refractivity contribution in [1.29, 1.82) is 0 Å². The lowest BCUT2D eigenvalue weighted by atomic mass is 10.0. The average Bonchev–Trinajstić information content (AvgIpc) is 2.58. The van der Waals surface area contributed by atoms with Gasteiger partial charge in [0.25, 0.3) is 5.91 Å². The Kier molecular flexibility index (Phi) is 6.85. The number of amides is 1. The Morgan fingerprint density at radius 1 is 1.42 bits per heavy atom. The smallest absolute Gasteiger partial charge is 0.331 e. The number of benzene rings is 1. The van der Waals surface area contributed by atoms with Crippen molar-refractivity contribution in [3.63, 3.8) is 0 Å². The first-order valence-corrected chi connectivity index (χ1v) is 8.75.